The van der Waals surface area contributed by atoms with E-state index >= 15 is 0 Å². The molecule has 0 saturated heterocycles. The van der Waals surface area contributed by atoms with Crippen molar-refractivity contribution in [3.8, 4) is 12.3 Å². The van der Waals surface area contributed by atoms with Crippen LogP contribution in [0.5, 0.6) is 0 Å². The van der Waals surface area contributed by atoms with Crippen molar-refractivity contribution in [1.82, 2.24) is 10.6 Å². The van der Waals surface area contributed by atoms with Gasteiger partial charge in [0, 0.05) is 6.61 Å². The van der Waals surface area contributed by atoms with Crippen LogP contribution >= 0.6 is 0 Å². The highest BCUT2D eigenvalue weighted by atomic mass is 16.3. The molecule has 0 aromatic rings. The number of terminal acetylenes is 1. The largest absolute Gasteiger partial charge is 0.396 e. The Kier molecular flexibility index (Phi) is 8.59. The predicted octanol–water partition coefficient (Wildman–Crippen LogP) is 0.123. The molecule has 2 atom stereocenters. The third kappa shape index (κ3) is 7.27. The fourth-order valence-electron chi connectivity index (χ4n) is 1.24. The normalized spacial score (nSPS) is 13.9. The van der Waals surface area contributed by atoms with Crippen LogP contribution in [0.25, 0.3) is 0 Å². The van der Waals surface area contributed by atoms with Crippen molar-refractivity contribution in [2.45, 2.75) is 32.7 Å². The van der Waals surface area contributed by atoms with Crippen LogP contribution in [0.4, 0.5) is 0 Å². The second-order valence-corrected chi connectivity index (χ2v) is 4.03. The minimum Gasteiger partial charge on any atom is -0.396 e. The van der Waals surface area contributed by atoms with Crippen LogP contribution in [0, 0.1) is 18.3 Å². The average Bonchev–Trinajstić information content (AvgIpc) is 2.30. The molecule has 0 bridgehead atoms. The molecule has 2 unspecified atom stereocenters. The molecule has 0 aliphatic rings. The number of aliphatic hydroxyl groups is 1. The molecule has 0 aromatic heterocycles. The van der Waals surface area contributed by atoms with Crippen molar-refractivity contribution >= 4 is 5.91 Å². The van der Waals surface area contributed by atoms with E-state index in [4.69, 9.17) is 11.5 Å². The van der Waals surface area contributed by atoms with Gasteiger partial charge in [-0.25, -0.2) is 0 Å². The molecule has 0 saturated carbocycles. The van der Waals surface area contributed by atoms with Gasteiger partial charge in [-0.3, -0.25) is 4.79 Å². The van der Waals surface area contributed by atoms with Crippen LogP contribution in [0.2, 0.25) is 0 Å². The van der Waals surface area contributed by atoms with Crippen LogP contribution in [0.3, 0.4) is 0 Å². The number of carbonyl (C=O) groups is 1. The summed E-state index contributed by atoms with van der Waals surface area (Å²) in [4.78, 5) is 11.4. The Morgan fingerprint density at radius 1 is 1.50 bits per heavy atom. The molecular formula is C12H22N2O2. The van der Waals surface area contributed by atoms with Crippen molar-refractivity contribution in [2.75, 3.05) is 19.7 Å². The number of hydrogen-bond donors (Lipinski definition) is 3. The SMILES string of the molecule is C#CCNC(=O)C(C)NCCCC(C)CO. The van der Waals surface area contributed by atoms with Crippen LogP contribution in [0.15, 0.2) is 0 Å². The predicted molar refractivity (Wildman–Crippen MR) is 64.8 cm³/mol. The van der Waals surface area contributed by atoms with Crippen LogP contribution in [-0.2, 0) is 4.79 Å². The molecule has 0 spiro atoms. The van der Waals surface area contributed by atoms with Crippen molar-refractivity contribution < 1.29 is 9.90 Å². The van der Waals surface area contributed by atoms with Crippen molar-refractivity contribution in [1.29, 1.82) is 0 Å². The zero-order chi connectivity index (χ0) is 12.4. The molecule has 4 nitrogen and oxygen atoms in total. The highest BCUT2D eigenvalue weighted by molar-refractivity contribution is 5.81. The Morgan fingerprint density at radius 3 is 2.75 bits per heavy atom. The summed E-state index contributed by atoms with van der Waals surface area (Å²) in [6.45, 7) is 5.07. The molecule has 92 valence electrons. The van der Waals surface area contributed by atoms with E-state index in [0.29, 0.717) is 5.92 Å². The molecular weight excluding hydrogens is 204 g/mol. The van der Waals surface area contributed by atoms with Gasteiger partial charge in [0.05, 0.1) is 12.6 Å². The number of aliphatic hydroxyl groups excluding tert-OH is 1. The van der Waals surface area contributed by atoms with Gasteiger partial charge in [-0.15, -0.1) is 6.42 Å². The Bertz CT molecular complexity index is 236. The van der Waals surface area contributed by atoms with Gasteiger partial charge in [0.25, 0.3) is 0 Å². The molecule has 0 rings (SSSR count). The lowest BCUT2D eigenvalue weighted by atomic mass is 10.1. The van der Waals surface area contributed by atoms with Gasteiger partial charge in [-0.1, -0.05) is 12.8 Å². The van der Waals surface area contributed by atoms with E-state index in [1.807, 2.05) is 6.92 Å². The van der Waals surface area contributed by atoms with Gasteiger partial charge in [-0.05, 0) is 32.2 Å². The second-order valence-electron chi connectivity index (χ2n) is 4.03. The standard InChI is InChI=1S/C12H22N2O2/c1-4-7-14-12(16)11(3)13-8-5-6-10(2)9-15/h1,10-11,13,15H,5-9H2,2-3H3,(H,14,16). The van der Waals surface area contributed by atoms with Gasteiger partial charge < -0.3 is 15.7 Å². The third-order valence-electron chi connectivity index (χ3n) is 2.39. The molecule has 0 aromatic carbocycles. The topological polar surface area (TPSA) is 61.4 Å². The Labute approximate surface area is 97.8 Å². The van der Waals surface area contributed by atoms with E-state index in [2.05, 4.69) is 16.6 Å². The Balaban J connectivity index is 3.53. The number of hydrogen-bond acceptors (Lipinski definition) is 3. The zero-order valence-electron chi connectivity index (χ0n) is 10.1. The second kappa shape index (κ2) is 9.20. The maximum absolute atomic E-state index is 11.4. The summed E-state index contributed by atoms with van der Waals surface area (Å²) in [5.41, 5.74) is 0. The quantitative estimate of drug-likeness (QED) is 0.407. The highest BCUT2D eigenvalue weighted by Gasteiger charge is 2.10. The Hall–Kier alpha value is -1.05. The van der Waals surface area contributed by atoms with E-state index in [9.17, 15) is 4.79 Å². The van der Waals surface area contributed by atoms with E-state index in [0.717, 1.165) is 19.4 Å². The monoisotopic (exact) mass is 226 g/mol. The first kappa shape index (κ1) is 14.9. The fourth-order valence-corrected chi connectivity index (χ4v) is 1.24. The van der Waals surface area contributed by atoms with Crippen LogP contribution in [0.1, 0.15) is 26.7 Å². The van der Waals surface area contributed by atoms with Crippen molar-refractivity contribution in [3.63, 3.8) is 0 Å². The summed E-state index contributed by atoms with van der Waals surface area (Å²) in [6, 6.07) is -0.224. The lowest BCUT2D eigenvalue weighted by Gasteiger charge is -2.13. The number of carbonyl (C=O) groups excluding carboxylic acids is 1. The molecule has 0 fully saturated rings. The average molecular weight is 226 g/mol. The van der Waals surface area contributed by atoms with Crippen LogP contribution < -0.4 is 10.6 Å². The summed E-state index contributed by atoms with van der Waals surface area (Å²) in [5.74, 6) is 2.61. The molecule has 0 aliphatic carbocycles. The van der Waals surface area contributed by atoms with Gasteiger partial charge in [0.2, 0.25) is 5.91 Å². The summed E-state index contributed by atoms with van der Waals surface area (Å²) < 4.78 is 0. The van der Waals surface area contributed by atoms with E-state index in [1.54, 1.807) is 6.92 Å². The van der Waals surface area contributed by atoms with Gasteiger partial charge >= 0.3 is 0 Å². The number of amides is 1. The molecule has 4 heteroatoms. The van der Waals surface area contributed by atoms with Gasteiger partial charge in [0.15, 0.2) is 0 Å². The summed E-state index contributed by atoms with van der Waals surface area (Å²) >= 11 is 0. The zero-order valence-corrected chi connectivity index (χ0v) is 10.1. The van der Waals surface area contributed by atoms with Gasteiger partial charge in [0.1, 0.15) is 0 Å². The molecule has 1 amide bonds. The fraction of sp³-hybridized carbons (Fsp3) is 0.750. The molecule has 0 radical (unpaired) electrons. The van der Waals surface area contributed by atoms with Gasteiger partial charge in [-0.2, -0.15) is 0 Å². The first-order valence-corrected chi connectivity index (χ1v) is 5.67. The molecule has 3 N–H and O–H groups in total. The maximum atomic E-state index is 11.4. The maximum Gasteiger partial charge on any atom is 0.237 e. The summed E-state index contributed by atoms with van der Waals surface area (Å²) in [5, 5.41) is 14.5. The molecule has 16 heavy (non-hydrogen) atoms. The Morgan fingerprint density at radius 2 is 2.19 bits per heavy atom. The third-order valence-corrected chi connectivity index (χ3v) is 2.39. The van der Waals surface area contributed by atoms with E-state index in [1.165, 1.54) is 0 Å². The lowest BCUT2D eigenvalue weighted by Crippen LogP contribution is -2.42. The molecule has 0 heterocycles. The first-order valence-electron chi connectivity index (χ1n) is 5.67. The number of rotatable bonds is 8. The van der Waals surface area contributed by atoms with Crippen molar-refractivity contribution in [2.24, 2.45) is 5.92 Å². The minimum atomic E-state index is -0.224. The van der Waals surface area contributed by atoms with E-state index < -0.39 is 0 Å². The highest BCUT2D eigenvalue weighted by Crippen LogP contribution is 2.02. The first-order chi connectivity index (χ1) is 7.61. The van der Waals surface area contributed by atoms with E-state index in [-0.39, 0.29) is 25.1 Å². The molecule has 0 aliphatic heterocycles. The number of nitrogens with one attached hydrogen (secondary N) is 2. The summed E-state index contributed by atoms with van der Waals surface area (Å²) in [6.07, 6.45) is 6.95. The smallest absolute Gasteiger partial charge is 0.237 e. The summed E-state index contributed by atoms with van der Waals surface area (Å²) in [7, 11) is 0. The minimum absolute atomic E-state index is 0.0758. The van der Waals surface area contributed by atoms with Crippen molar-refractivity contribution in [3.05, 3.63) is 0 Å². The lowest BCUT2D eigenvalue weighted by molar-refractivity contribution is -0.122. The van der Waals surface area contributed by atoms with Crippen LogP contribution in [-0.4, -0.2) is 36.8 Å².